The number of carbonyl (C=O) groups is 2. The van der Waals surface area contributed by atoms with Crippen LogP contribution in [-0.2, 0) is 16.0 Å². The van der Waals surface area contributed by atoms with Gasteiger partial charge in [0.15, 0.2) is 6.61 Å². The van der Waals surface area contributed by atoms with E-state index in [0.717, 1.165) is 62.0 Å². The van der Waals surface area contributed by atoms with E-state index in [0.29, 0.717) is 5.75 Å². The van der Waals surface area contributed by atoms with Gasteiger partial charge in [-0.05, 0) is 42.7 Å². The number of carbonyl (C=O) groups excluding carboxylic acids is 1. The van der Waals surface area contributed by atoms with Crippen LogP contribution < -0.4 is 9.64 Å². The Morgan fingerprint density at radius 3 is 2.55 bits per heavy atom. The van der Waals surface area contributed by atoms with Gasteiger partial charge in [0.05, 0.1) is 13.1 Å². The number of aryl methyl sites for hydroxylation is 1. The highest BCUT2D eigenvalue weighted by Gasteiger charge is 2.49. The Hall–Kier alpha value is -2.97. The van der Waals surface area contributed by atoms with E-state index in [1.807, 2.05) is 31.3 Å². The van der Waals surface area contributed by atoms with Crippen molar-refractivity contribution in [1.29, 1.82) is 0 Å². The molecule has 1 saturated heterocycles. The first-order chi connectivity index (χ1) is 15.9. The molecule has 1 aliphatic carbocycles. The SMILES string of the molecule is COCC(=O)[N+](C)(C1CCN(c2ccncc2)CC1)C1CCCc2ccc(OC(=O)O)cc21. The minimum Gasteiger partial charge on any atom is -0.449 e. The van der Waals surface area contributed by atoms with Crippen molar-refractivity contribution in [3.63, 3.8) is 0 Å². The number of ether oxygens (including phenoxy) is 2. The summed E-state index contributed by atoms with van der Waals surface area (Å²) in [7, 11) is 3.60. The lowest BCUT2D eigenvalue weighted by atomic mass is 9.83. The number of aromatic nitrogens is 1. The third kappa shape index (κ3) is 4.72. The minimum absolute atomic E-state index is 0.0538. The standard InChI is InChI=1S/C25H31N3O5/c1-28(24(29)17-32-2,20-10-14-27(15-11-20)19-8-12-26-13-9-19)23-5-3-4-18-6-7-21(16-22(18)23)33-25(30)31/h6-9,12-13,16,20,23H,3-5,10-11,14-15,17H2,1-2H3/p+1. The number of hydrogen-bond donors (Lipinski definition) is 1. The van der Waals surface area contributed by atoms with Crippen molar-refractivity contribution in [1.82, 2.24) is 4.98 Å². The van der Waals surface area contributed by atoms with Gasteiger partial charge in [-0.3, -0.25) is 9.47 Å². The van der Waals surface area contributed by atoms with Gasteiger partial charge in [0.1, 0.15) is 11.8 Å². The number of carboxylic acid groups (broad SMARTS) is 1. The Kier molecular flexibility index (Phi) is 6.95. The minimum atomic E-state index is -1.33. The van der Waals surface area contributed by atoms with E-state index in [1.165, 1.54) is 0 Å². The van der Waals surface area contributed by atoms with Crippen LogP contribution in [0.3, 0.4) is 0 Å². The van der Waals surface area contributed by atoms with Crippen LogP contribution in [-0.4, -0.2) is 66.5 Å². The Morgan fingerprint density at radius 1 is 1.15 bits per heavy atom. The van der Waals surface area contributed by atoms with Gasteiger partial charge in [-0.1, -0.05) is 6.07 Å². The molecule has 0 spiro atoms. The van der Waals surface area contributed by atoms with E-state index in [9.17, 15) is 9.59 Å². The molecule has 0 saturated carbocycles. The van der Waals surface area contributed by atoms with E-state index >= 15 is 0 Å². The van der Waals surface area contributed by atoms with Gasteiger partial charge >= 0.3 is 12.1 Å². The van der Waals surface area contributed by atoms with Crippen LogP contribution >= 0.6 is 0 Å². The van der Waals surface area contributed by atoms with E-state index in [2.05, 4.69) is 9.88 Å². The number of hydrogen-bond acceptors (Lipinski definition) is 6. The lowest BCUT2D eigenvalue weighted by molar-refractivity contribution is -0.893. The molecule has 2 atom stereocenters. The van der Waals surface area contributed by atoms with Crippen molar-refractivity contribution in [2.24, 2.45) is 0 Å². The fourth-order valence-corrected chi connectivity index (χ4v) is 5.58. The predicted octanol–water partition coefficient (Wildman–Crippen LogP) is 3.80. The van der Waals surface area contributed by atoms with Crippen molar-refractivity contribution >= 4 is 17.7 Å². The lowest BCUT2D eigenvalue weighted by Gasteiger charge is -2.49. The Morgan fingerprint density at radius 2 is 1.88 bits per heavy atom. The van der Waals surface area contributed by atoms with Crippen LogP contribution in [0, 0.1) is 0 Å². The monoisotopic (exact) mass is 454 g/mol. The molecule has 33 heavy (non-hydrogen) atoms. The average Bonchev–Trinajstić information content (AvgIpc) is 2.83. The molecular weight excluding hydrogens is 422 g/mol. The summed E-state index contributed by atoms with van der Waals surface area (Å²) in [5, 5.41) is 9.07. The molecule has 1 amide bonds. The topological polar surface area (TPSA) is 89.0 Å². The fraction of sp³-hybridized carbons (Fsp3) is 0.480. The molecule has 2 heterocycles. The number of fused-ring (bicyclic) bond motifs is 1. The maximum absolute atomic E-state index is 13.6. The molecule has 2 unspecified atom stereocenters. The van der Waals surface area contributed by atoms with E-state index < -0.39 is 6.16 Å². The summed E-state index contributed by atoms with van der Waals surface area (Å²) in [6.45, 7) is 1.78. The zero-order chi connectivity index (χ0) is 23.4. The molecule has 2 aliphatic rings. The molecule has 0 radical (unpaired) electrons. The van der Waals surface area contributed by atoms with E-state index in [-0.39, 0.29) is 29.1 Å². The molecular formula is C25H32N3O5+. The third-order valence-corrected chi connectivity index (χ3v) is 7.31. The molecule has 1 N–H and O–H groups in total. The number of anilines is 1. The Bertz CT molecular complexity index is 991. The molecule has 1 aromatic carbocycles. The maximum atomic E-state index is 13.6. The first kappa shape index (κ1) is 23.2. The number of rotatable bonds is 6. The molecule has 176 valence electrons. The van der Waals surface area contributed by atoms with Crippen molar-refractivity contribution < 1.29 is 28.7 Å². The second kappa shape index (κ2) is 9.89. The number of pyridine rings is 1. The van der Waals surface area contributed by atoms with Gasteiger partial charge in [-0.2, -0.15) is 0 Å². The van der Waals surface area contributed by atoms with Gasteiger partial charge in [0.2, 0.25) is 0 Å². The molecule has 1 aliphatic heterocycles. The highest BCUT2D eigenvalue weighted by molar-refractivity contribution is 5.71. The van der Waals surface area contributed by atoms with Crippen molar-refractivity contribution in [2.75, 3.05) is 38.8 Å². The number of likely N-dealkylation sites (N-methyl/N-ethyl adjacent to an activating group) is 1. The first-order valence-electron chi connectivity index (χ1n) is 11.5. The third-order valence-electron chi connectivity index (χ3n) is 7.31. The quantitative estimate of drug-likeness (QED) is 0.403. The largest absolute Gasteiger partial charge is 0.511 e. The summed E-state index contributed by atoms with van der Waals surface area (Å²) >= 11 is 0. The summed E-state index contributed by atoms with van der Waals surface area (Å²) in [5.74, 6) is 0.355. The molecule has 1 fully saturated rings. The number of piperidine rings is 1. The smallest absolute Gasteiger partial charge is 0.449 e. The summed E-state index contributed by atoms with van der Waals surface area (Å²) in [5.41, 5.74) is 3.33. The fourth-order valence-electron chi connectivity index (χ4n) is 5.58. The number of methoxy groups -OCH3 is 1. The highest BCUT2D eigenvalue weighted by atomic mass is 16.7. The lowest BCUT2D eigenvalue weighted by Crippen LogP contribution is -2.62. The average molecular weight is 455 g/mol. The van der Waals surface area contributed by atoms with Crippen molar-refractivity contribution in [2.45, 2.75) is 44.2 Å². The number of amides is 1. The second-order valence-corrected chi connectivity index (χ2v) is 9.03. The summed E-state index contributed by atoms with van der Waals surface area (Å²) < 4.78 is 10.5. The van der Waals surface area contributed by atoms with Crippen molar-refractivity contribution in [3.05, 3.63) is 53.9 Å². The van der Waals surface area contributed by atoms with Gasteiger partial charge in [0, 0.05) is 63.1 Å². The van der Waals surface area contributed by atoms with E-state index in [1.54, 1.807) is 25.6 Å². The Labute approximate surface area is 194 Å². The highest BCUT2D eigenvalue weighted by Crippen LogP contribution is 2.43. The van der Waals surface area contributed by atoms with Crippen LogP contribution in [0.1, 0.15) is 42.9 Å². The van der Waals surface area contributed by atoms with E-state index in [4.69, 9.17) is 14.6 Å². The van der Waals surface area contributed by atoms with Crippen LogP contribution in [0.5, 0.6) is 5.75 Å². The zero-order valence-electron chi connectivity index (χ0n) is 19.3. The van der Waals surface area contributed by atoms with Gasteiger partial charge in [-0.25, -0.2) is 9.59 Å². The number of nitrogens with zero attached hydrogens (tertiary/aromatic N) is 3. The van der Waals surface area contributed by atoms with Gasteiger partial charge in [-0.15, -0.1) is 0 Å². The molecule has 8 heteroatoms. The van der Waals surface area contributed by atoms with Gasteiger partial charge in [0.25, 0.3) is 0 Å². The Balaban J connectivity index is 1.64. The second-order valence-electron chi connectivity index (χ2n) is 9.03. The van der Waals surface area contributed by atoms with Crippen LogP contribution in [0.4, 0.5) is 10.5 Å². The van der Waals surface area contributed by atoms with Crippen LogP contribution in [0.2, 0.25) is 0 Å². The first-order valence-corrected chi connectivity index (χ1v) is 11.5. The van der Waals surface area contributed by atoms with Crippen LogP contribution in [0.25, 0.3) is 0 Å². The molecule has 2 aromatic rings. The molecule has 4 rings (SSSR count). The van der Waals surface area contributed by atoms with Crippen LogP contribution in [0.15, 0.2) is 42.7 Å². The van der Waals surface area contributed by atoms with Gasteiger partial charge < -0.3 is 19.5 Å². The zero-order valence-corrected chi connectivity index (χ0v) is 19.3. The number of benzene rings is 1. The molecule has 8 nitrogen and oxygen atoms in total. The summed E-state index contributed by atoms with van der Waals surface area (Å²) in [6.07, 6.45) is 6.80. The normalized spacial score (nSPS) is 20.5. The predicted molar refractivity (Wildman–Crippen MR) is 123 cm³/mol. The van der Waals surface area contributed by atoms with Crippen molar-refractivity contribution in [3.8, 4) is 5.75 Å². The molecule has 0 bridgehead atoms. The summed E-state index contributed by atoms with van der Waals surface area (Å²) in [4.78, 5) is 31.1. The maximum Gasteiger partial charge on any atom is 0.511 e. The summed E-state index contributed by atoms with van der Waals surface area (Å²) in [6, 6.07) is 9.57. The molecule has 1 aromatic heterocycles. The number of quaternary nitrogens is 1.